The molecule has 0 fully saturated rings. The van der Waals surface area contributed by atoms with Crippen LogP contribution >= 0.6 is 0 Å². The van der Waals surface area contributed by atoms with Gasteiger partial charge >= 0.3 is 5.97 Å². The number of hydrogen-bond acceptors (Lipinski definition) is 2. The van der Waals surface area contributed by atoms with E-state index >= 15 is 0 Å². The Morgan fingerprint density at radius 3 is 2.40 bits per heavy atom. The highest BCUT2D eigenvalue weighted by atomic mass is 16.4. The van der Waals surface area contributed by atoms with Crippen LogP contribution in [0.15, 0.2) is 48.5 Å². The van der Waals surface area contributed by atoms with Crippen molar-refractivity contribution in [2.45, 2.75) is 13.5 Å². The Morgan fingerprint density at radius 2 is 1.80 bits per heavy atom. The average molecular weight is 269 g/mol. The van der Waals surface area contributed by atoms with E-state index in [2.05, 4.69) is 5.32 Å². The van der Waals surface area contributed by atoms with E-state index in [0.717, 1.165) is 5.56 Å². The third kappa shape index (κ3) is 3.23. The standard InChI is InChI=1S/C16H15NO3/c1-11-9-13(16(19)20)7-8-14(11)15(18)17-10-12-5-3-2-4-6-12/h2-9H,10H2,1H3,(H,17,18)(H,19,20). The number of rotatable bonds is 4. The van der Waals surface area contributed by atoms with E-state index < -0.39 is 5.97 Å². The van der Waals surface area contributed by atoms with E-state index in [0.29, 0.717) is 17.7 Å². The molecule has 0 saturated heterocycles. The summed E-state index contributed by atoms with van der Waals surface area (Å²) in [5.41, 5.74) is 2.34. The minimum Gasteiger partial charge on any atom is -0.478 e. The number of aromatic carboxylic acids is 1. The quantitative estimate of drug-likeness (QED) is 0.896. The molecule has 1 amide bonds. The number of hydrogen-bond donors (Lipinski definition) is 2. The lowest BCUT2D eigenvalue weighted by Crippen LogP contribution is -2.23. The molecule has 0 spiro atoms. The Hall–Kier alpha value is -2.62. The minimum atomic E-state index is -0.996. The molecule has 102 valence electrons. The van der Waals surface area contributed by atoms with E-state index in [1.807, 2.05) is 30.3 Å². The summed E-state index contributed by atoms with van der Waals surface area (Å²) in [5.74, 6) is -1.20. The molecule has 0 heterocycles. The van der Waals surface area contributed by atoms with Gasteiger partial charge in [-0.05, 0) is 36.2 Å². The smallest absolute Gasteiger partial charge is 0.335 e. The van der Waals surface area contributed by atoms with Crippen LogP contribution < -0.4 is 5.32 Å². The Balaban J connectivity index is 2.08. The molecule has 0 radical (unpaired) electrons. The summed E-state index contributed by atoms with van der Waals surface area (Å²) in [5, 5.41) is 11.7. The maximum absolute atomic E-state index is 12.1. The summed E-state index contributed by atoms with van der Waals surface area (Å²) in [6, 6.07) is 14.1. The lowest BCUT2D eigenvalue weighted by atomic mass is 10.0. The molecule has 0 unspecified atom stereocenters. The van der Waals surface area contributed by atoms with Crippen molar-refractivity contribution in [2.24, 2.45) is 0 Å². The number of benzene rings is 2. The average Bonchev–Trinajstić information content (AvgIpc) is 2.45. The number of carboxylic acids is 1. The highest BCUT2D eigenvalue weighted by Gasteiger charge is 2.11. The molecule has 0 atom stereocenters. The second kappa shape index (κ2) is 6.02. The van der Waals surface area contributed by atoms with Crippen molar-refractivity contribution < 1.29 is 14.7 Å². The maximum Gasteiger partial charge on any atom is 0.335 e. The molecule has 20 heavy (non-hydrogen) atoms. The fourth-order valence-corrected chi connectivity index (χ4v) is 1.92. The minimum absolute atomic E-state index is 0.183. The SMILES string of the molecule is Cc1cc(C(=O)O)ccc1C(=O)NCc1ccccc1. The number of amides is 1. The van der Waals surface area contributed by atoms with Gasteiger partial charge in [0.1, 0.15) is 0 Å². The van der Waals surface area contributed by atoms with Gasteiger partial charge in [-0.1, -0.05) is 30.3 Å². The molecule has 4 heteroatoms. The van der Waals surface area contributed by atoms with Gasteiger partial charge in [-0.2, -0.15) is 0 Å². The summed E-state index contributed by atoms with van der Waals surface area (Å²) in [4.78, 5) is 22.9. The molecule has 0 aliphatic rings. The molecule has 2 aromatic carbocycles. The number of carboxylic acid groups (broad SMARTS) is 1. The first-order chi connectivity index (χ1) is 9.58. The molecule has 0 aromatic heterocycles. The van der Waals surface area contributed by atoms with E-state index in [4.69, 9.17) is 5.11 Å². The van der Waals surface area contributed by atoms with E-state index in [-0.39, 0.29) is 11.5 Å². The zero-order valence-corrected chi connectivity index (χ0v) is 11.1. The van der Waals surface area contributed by atoms with Crippen molar-refractivity contribution >= 4 is 11.9 Å². The summed E-state index contributed by atoms with van der Waals surface area (Å²) >= 11 is 0. The maximum atomic E-state index is 12.1. The first-order valence-electron chi connectivity index (χ1n) is 6.24. The van der Waals surface area contributed by atoms with E-state index in [1.165, 1.54) is 12.1 Å². The fraction of sp³-hybridized carbons (Fsp3) is 0.125. The lowest BCUT2D eigenvalue weighted by Gasteiger charge is -2.08. The van der Waals surface area contributed by atoms with Gasteiger partial charge in [-0.3, -0.25) is 4.79 Å². The van der Waals surface area contributed by atoms with Crippen molar-refractivity contribution in [3.05, 3.63) is 70.8 Å². The van der Waals surface area contributed by atoms with Crippen LogP contribution in [-0.4, -0.2) is 17.0 Å². The third-order valence-electron chi connectivity index (χ3n) is 3.01. The molecular weight excluding hydrogens is 254 g/mol. The van der Waals surface area contributed by atoms with Crippen molar-refractivity contribution in [3.63, 3.8) is 0 Å². The van der Waals surface area contributed by atoms with Gasteiger partial charge in [0.05, 0.1) is 5.56 Å². The fourth-order valence-electron chi connectivity index (χ4n) is 1.92. The number of carbonyl (C=O) groups excluding carboxylic acids is 1. The zero-order valence-electron chi connectivity index (χ0n) is 11.1. The van der Waals surface area contributed by atoms with Crippen LogP contribution in [0.4, 0.5) is 0 Å². The van der Waals surface area contributed by atoms with Gasteiger partial charge in [0.25, 0.3) is 5.91 Å². The normalized spacial score (nSPS) is 10.1. The van der Waals surface area contributed by atoms with Crippen molar-refractivity contribution in [1.29, 1.82) is 0 Å². The van der Waals surface area contributed by atoms with Crippen LogP contribution in [-0.2, 0) is 6.54 Å². The molecule has 2 rings (SSSR count). The molecule has 4 nitrogen and oxygen atoms in total. The molecule has 0 bridgehead atoms. The summed E-state index contributed by atoms with van der Waals surface area (Å²) < 4.78 is 0. The predicted octanol–water partition coefficient (Wildman–Crippen LogP) is 2.62. The largest absolute Gasteiger partial charge is 0.478 e. The van der Waals surface area contributed by atoms with Gasteiger partial charge in [-0.25, -0.2) is 4.79 Å². The number of aryl methyl sites for hydroxylation is 1. The number of nitrogens with one attached hydrogen (secondary N) is 1. The van der Waals surface area contributed by atoms with Crippen molar-refractivity contribution in [1.82, 2.24) is 5.32 Å². The highest BCUT2D eigenvalue weighted by molar-refractivity contribution is 5.97. The summed E-state index contributed by atoms with van der Waals surface area (Å²) in [6.45, 7) is 2.17. The van der Waals surface area contributed by atoms with Crippen molar-refractivity contribution in [3.8, 4) is 0 Å². The second-order valence-electron chi connectivity index (χ2n) is 4.50. The molecule has 0 saturated carbocycles. The molecular formula is C16H15NO3. The van der Waals surface area contributed by atoms with Crippen LogP contribution in [0.3, 0.4) is 0 Å². The van der Waals surface area contributed by atoms with Gasteiger partial charge in [0, 0.05) is 12.1 Å². The summed E-state index contributed by atoms with van der Waals surface area (Å²) in [7, 11) is 0. The topological polar surface area (TPSA) is 66.4 Å². The van der Waals surface area contributed by atoms with Crippen LogP contribution in [0.2, 0.25) is 0 Å². The van der Waals surface area contributed by atoms with Crippen LogP contribution in [0.1, 0.15) is 31.8 Å². The van der Waals surface area contributed by atoms with Gasteiger partial charge in [0.2, 0.25) is 0 Å². The van der Waals surface area contributed by atoms with Crippen LogP contribution in [0.25, 0.3) is 0 Å². The molecule has 0 aliphatic carbocycles. The summed E-state index contributed by atoms with van der Waals surface area (Å²) in [6.07, 6.45) is 0. The Bertz CT molecular complexity index is 635. The monoisotopic (exact) mass is 269 g/mol. The third-order valence-corrected chi connectivity index (χ3v) is 3.01. The second-order valence-corrected chi connectivity index (χ2v) is 4.50. The highest BCUT2D eigenvalue weighted by Crippen LogP contribution is 2.11. The lowest BCUT2D eigenvalue weighted by molar-refractivity contribution is 0.0696. The molecule has 0 aliphatic heterocycles. The van der Waals surface area contributed by atoms with E-state index in [9.17, 15) is 9.59 Å². The van der Waals surface area contributed by atoms with Crippen LogP contribution in [0, 0.1) is 6.92 Å². The Morgan fingerprint density at radius 1 is 1.10 bits per heavy atom. The zero-order chi connectivity index (χ0) is 14.5. The first kappa shape index (κ1) is 13.8. The molecule has 2 N–H and O–H groups in total. The first-order valence-corrected chi connectivity index (χ1v) is 6.24. The predicted molar refractivity (Wildman–Crippen MR) is 75.8 cm³/mol. The van der Waals surface area contributed by atoms with Gasteiger partial charge in [0.15, 0.2) is 0 Å². The van der Waals surface area contributed by atoms with E-state index in [1.54, 1.807) is 13.0 Å². The Kier molecular flexibility index (Phi) is 4.15. The van der Waals surface area contributed by atoms with Crippen LogP contribution in [0.5, 0.6) is 0 Å². The van der Waals surface area contributed by atoms with Gasteiger partial charge < -0.3 is 10.4 Å². The number of carbonyl (C=O) groups is 2. The van der Waals surface area contributed by atoms with Crippen molar-refractivity contribution in [2.75, 3.05) is 0 Å². The van der Waals surface area contributed by atoms with Gasteiger partial charge in [-0.15, -0.1) is 0 Å². The Labute approximate surface area is 117 Å². The molecule has 2 aromatic rings.